The average Bonchev–Trinajstić information content (AvgIpc) is 3.36. The molecule has 6 nitrogen and oxygen atoms in total. The summed E-state index contributed by atoms with van der Waals surface area (Å²) in [6.07, 6.45) is 3.46. The number of ether oxygens (including phenoxy) is 1. The Balaban J connectivity index is 1.35. The van der Waals surface area contributed by atoms with Gasteiger partial charge in [-0.3, -0.25) is 9.98 Å². The molecule has 0 N–H and O–H groups in total. The number of oxazole rings is 1. The van der Waals surface area contributed by atoms with Crippen molar-refractivity contribution in [2.75, 3.05) is 19.7 Å². The summed E-state index contributed by atoms with van der Waals surface area (Å²) in [5.74, 6) is 1.34. The lowest BCUT2D eigenvalue weighted by atomic mass is 10.3. The Labute approximate surface area is 148 Å². The molecule has 3 aromatic rings. The van der Waals surface area contributed by atoms with E-state index in [9.17, 15) is 0 Å². The van der Waals surface area contributed by atoms with E-state index < -0.39 is 0 Å². The highest BCUT2D eigenvalue weighted by atomic mass is 32.2. The van der Waals surface area contributed by atoms with Crippen molar-refractivity contribution in [2.45, 2.75) is 0 Å². The number of amidine groups is 1. The zero-order valence-electron chi connectivity index (χ0n) is 13.3. The lowest BCUT2D eigenvalue weighted by Gasteiger charge is -2.16. The SMILES string of the molecule is C1=C(COc2ccc3oc(-c4cccnc4)nc3c2)N2CCN=C2S1. The number of nitrogens with zero attached hydrogens (tertiary/aromatic N) is 4. The number of fused-ring (bicyclic) bond motifs is 2. The summed E-state index contributed by atoms with van der Waals surface area (Å²) in [6, 6.07) is 9.48. The van der Waals surface area contributed by atoms with E-state index in [2.05, 4.69) is 25.3 Å². The maximum absolute atomic E-state index is 5.95. The van der Waals surface area contributed by atoms with Crippen LogP contribution >= 0.6 is 11.8 Å². The van der Waals surface area contributed by atoms with E-state index in [1.165, 1.54) is 0 Å². The minimum absolute atomic E-state index is 0.519. The Morgan fingerprint density at radius 3 is 3.20 bits per heavy atom. The zero-order valence-corrected chi connectivity index (χ0v) is 14.1. The van der Waals surface area contributed by atoms with Gasteiger partial charge in [0, 0.05) is 30.4 Å². The number of aliphatic imine (C=N–C) groups is 1. The molecular formula is C18H14N4O2S. The highest BCUT2D eigenvalue weighted by Gasteiger charge is 2.26. The molecule has 0 amide bonds. The second-order valence-electron chi connectivity index (χ2n) is 5.72. The van der Waals surface area contributed by atoms with Gasteiger partial charge in [-0.25, -0.2) is 4.98 Å². The fourth-order valence-corrected chi connectivity index (χ4v) is 3.80. The third-order valence-electron chi connectivity index (χ3n) is 4.10. The van der Waals surface area contributed by atoms with Crippen molar-refractivity contribution in [3.05, 3.63) is 53.8 Å². The quantitative estimate of drug-likeness (QED) is 0.717. The molecule has 5 rings (SSSR count). The van der Waals surface area contributed by atoms with Crippen molar-refractivity contribution in [2.24, 2.45) is 4.99 Å². The third-order valence-corrected chi connectivity index (χ3v) is 5.05. The van der Waals surface area contributed by atoms with E-state index in [4.69, 9.17) is 9.15 Å². The van der Waals surface area contributed by atoms with Crippen LogP contribution in [0.25, 0.3) is 22.6 Å². The van der Waals surface area contributed by atoms with Crippen LogP contribution in [0.15, 0.2) is 63.2 Å². The smallest absolute Gasteiger partial charge is 0.228 e. The molecule has 0 spiro atoms. The monoisotopic (exact) mass is 350 g/mol. The average molecular weight is 350 g/mol. The lowest BCUT2D eigenvalue weighted by Crippen LogP contribution is -2.24. The van der Waals surface area contributed by atoms with Crippen LogP contribution < -0.4 is 4.74 Å². The van der Waals surface area contributed by atoms with E-state index in [0.29, 0.717) is 12.5 Å². The number of benzene rings is 1. The van der Waals surface area contributed by atoms with Gasteiger partial charge in [-0.1, -0.05) is 11.8 Å². The summed E-state index contributed by atoms with van der Waals surface area (Å²) in [5.41, 5.74) is 3.51. The fourth-order valence-electron chi connectivity index (χ4n) is 2.86. The highest BCUT2D eigenvalue weighted by Crippen LogP contribution is 2.30. The Morgan fingerprint density at radius 1 is 1.28 bits per heavy atom. The van der Waals surface area contributed by atoms with Gasteiger partial charge in [-0.05, 0) is 24.3 Å². The molecule has 0 radical (unpaired) electrons. The predicted molar refractivity (Wildman–Crippen MR) is 97.4 cm³/mol. The maximum Gasteiger partial charge on any atom is 0.228 e. The molecule has 2 aliphatic heterocycles. The van der Waals surface area contributed by atoms with Gasteiger partial charge in [-0.2, -0.15) is 0 Å². The number of rotatable bonds is 4. The second kappa shape index (κ2) is 5.93. The van der Waals surface area contributed by atoms with Crippen LogP contribution in [0.1, 0.15) is 0 Å². The largest absolute Gasteiger partial charge is 0.487 e. The van der Waals surface area contributed by atoms with Gasteiger partial charge in [0.05, 0.1) is 17.8 Å². The van der Waals surface area contributed by atoms with Crippen molar-refractivity contribution >= 4 is 28.0 Å². The molecule has 2 aromatic heterocycles. The van der Waals surface area contributed by atoms with Crippen molar-refractivity contribution in [1.82, 2.24) is 14.9 Å². The first-order valence-corrected chi connectivity index (χ1v) is 8.86. The van der Waals surface area contributed by atoms with Gasteiger partial charge in [0.15, 0.2) is 10.8 Å². The van der Waals surface area contributed by atoms with E-state index >= 15 is 0 Å². The lowest BCUT2D eigenvalue weighted by molar-refractivity contribution is 0.322. The van der Waals surface area contributed by atoms with Crippen molar-refractivity contribution in [3.8, 4) is 17.2 Å². The molecule has 0 bridgehead atoms. The summed E-state index contributed by atoms with van der Waals surface area (Å²) >= 11 is 1.66. The van der Waals surface area contributed by atoms with Gasteiger partial charge < -0.3 is 14.1 Å². The van der Waals surface area contributed by atoms with Gasteiger partial charge in [0.25, 0.3) is 0 Å². The molecule has 1 aromatic carbocycles. The molecule has 0 fully saturated rings. The van der Waals surface area contributed by atoms with Crippen LogP contribution in [0.3, 0.4) is 0 Å². The number of hydrogen-bond acceptors (Lipinski definition) is 7. The Morgan fingerprint density at radius 2 is 2.28 bits per heavy atom. The van der Waals surface area contributed by atoms with Crippen LogP contribution in [0.5, 0.6) is 5.75 Å². The second-order valence-corrected chi connectivity index (χ2v) is 6.56. The molecule has 4 heterocycles. The first kappa shape index (κ1) is 14.5. The van der Waals surface area contributed by atoms with Crippen LogP contribution in [0.2, 0.25) is 0 Å². The van der Waals surface area contributed by atoms with Crippen molar-refractivity contribution in [1.29, 1.82) is 0 Å². The standard InChI is InChI=1S/C18H14N4O2S/c1-2-12(9-19-5-1)17-21-15-8-14(3-4-16(15)24-17)23-10-13-11-25-18-20-6-7-22(13)18/h1-5,8-9,11H,6-7,10H2. The molecule has 2 aliphatic rings. The summed E-state index contributed by atoms with van der Waals surface area (Å²) in [6.45, 7) is 2.32. The Bertz CT molecular complexity index is 997. The van der Waals surface area contributed by atoms with Gasteiger partial charge in [0.2, 0.25) is 5.89 Å². The van der Waals surface area contributed by atoms with Crippen LogP contribution in [0.4, 0.5) is 0 Å². The minimum atomic E-state index is 0.519. The molecule has 0 saturated carbocycles. The van der Waals surface area contributed by atoms with Gasteiger partial charge in [0.1, 0.15) is 17.9 Å². The van der Waals surface area contributed by atoms with E-state index in [0.717, 1.165) is 46.4 Å². The molecule has 0 saturated heterocycles. The molecule has 0 aliphatic carbocycles. The molecule has 7 heteroatoms. The molecule has 0 unspecified atom stereocenters. The minimum Gasteiger partial charge on any atom is -0.487 e. The highest BCUT2D eigenvalue weighted by molar-refractivity contribution is 8.16. The first-order valence-electron chi connectivity index (χ1n) is 7.98. The number of pyridine rings is 1. The summed E-state index contributed by atoms with van der Waals surface area (Å²) in [5, 5.41) is 3.18. The molecular weight excluding hydrogens is 336 g/mol. The van der Waals surface area contributed by atoms with Gasteiger partial charge >= 0.3 is 0 Å². The third kappa shape index (κ3) is 2.66. The fraction of sp³-hybridized carbons (Fsp3) is 0.167. The predicted octanol–water partition coefficient (Wildman–Crippen LogP) is 3.53. The molecule has 0 atom stereocenters. The van der Waals surface area contributed by atoms with Crippen molar-refractivity contribution < 1.29 is 9.15 Å². The zero-order chi connectivity index (χ0) is 16.6. The van der Waals surface area contributed by atoms with Crippen LogP contribution in [0, 0.1) is 0 Å². The van der Waals surface area contributed by atoms with E-state index in [1.807, 2.05) is 30.3 Å². The van der Waals surface area contributed by atoms with Crippen LogP contribution in [-0.4, -0.2) is 39.7 Å². The molecule has 124 valence electrons. The number of aromatic nitrogens is 2. The Kier molecular flexibility index (Phi) is 3.45. The van der Waals surface area contributed by atoms with E-state index in [1.54, 1.807) is 24.2 Å². The summed E-state index contributed by atoms with van der Waals surface area (Å²) in [4.78, 5) is 15.3. The summed E-state index contributed by atoms with van der Waals surface area (Å²) < 4.78 is 11.7. The molecule has 25 heavy (non-hydrogen) atoms. The number of thioether (sulfide) groups is 1. The van der Waals surface area contributed by atoms with Crippen molar-refractivity contribution in [3.63, 3.8) is 0 Å². The maximum atomic E-state index is 5.95. The van der Waals surface area contributed by atoms with Gasteiger partial charge in [-0.15, -0.1) is 0 Å². The number of hydrogen-bond donors (Lipinski definition) is 0. The first-order chi connectivity index (χ1) is 12.4. The summed E-state index contributed by atoms with van der Waals surface area (Å²) in [7, 11) is 0. The topological polar surface area (TPSA) is 63.8 Å². The normalized spacial score (nSPS) is 16.1. The Hall–Kier alpha value is -2.80. The van der Waals surface area contributed by atoms with Crippen LogP contribution in [-0.2, 0) is 0 Å². The van der Waals surface area contributed by atoms with E-state index in [-0.39, 0.29) is 0 Å².